The van der Waals surface area contributed by atoms with Crippen molar-refractivity contribution in [2.45, 2.75) is 53.0 Å². The van der Waals surface area contributed by atoms with Gasteiger partial charge in [0.2, 0.25) is 0 Å². The molecule has 0 fully saturated rings. The Balaban J connectivity index is 4.60. The van der Waals surface area contributed by atoms with Crippen LogP contribution in [0.4, 0.5) is 0 Å². The fraction of sp³-hybridized carbons (Fsp3) is 0.900. The van der Waals surface area contributed by atoms with Crippen molar-refractivity contribution in [3.8, 4) is 0 Å². The van der Waals surface area contributed by atoms with Gasteiger partial charge in [0.15, 0.2) is 0 Å². The molecular formula is C10H21N. The van der Waals surface area contributed by atoms with Gasteiger partial charge in [0.25, 0.3) is 0 Å². The summed E-state index contributed by atoms with van der Waals surface area (Å²) in [5.41, 5.74) is 0.311. The normalized spacial score (nSPS) is 17.5. The molecule has 1 heteroatoms. The van der Waals surface area contributed by atoms with E-state index in [9.17, 15) is 0 Å². The maximum absolute atomic E-state index is 4.23. The molecule has 11 heavy (non-hydrogen) atoms. The summed E-state index contributed by atoms with van der Waals surface area (Å²) in [5.74, 6) is 0. The third-order valence-corrected chi connectivity index (χ3v) is 3.38. The summed E-state index contributed by atoms with van der Waals surface area (Å²) in [5, 5.41) is 0. The van der Waals surface area contributed by atoms with Gasteiger partial charge in [0, 0.05) is 0 Å². The minimum Gasteiger partial charge on any atom is -0.294 e. The van der Waals surface area contributed by atoms with E-state index < -0.39 is 0 Å². The van der Waals surface area contributed by atoms with Crippen LogP contribution in [0.25, 0.3) is 0 Å². The van der Waals surface area contributed by atoms with Crippen molar-refractivity contribution in [3.63, 3.8) is 0 Å². The Morgan fingerprint density at radius 2 is 1.55 bits per heavy atom. The van der Waals surface area contributed by atoms with E-state index >= 15 is 0 Å². The van der Waals surface area contributed by atoms with Crippen LogP contribution in [0, 0.1) is 5.41 Å². The van der Waals surface area contributed by atoms with Crippen LogP contribution in [-0.2, 0) is 0 Å². The number of rotatable bonds is 4. The Morgan fingerprint density at radius 1 is 1.09 bits per heavy atom. The van der Waals surface area contributed by atoms with Crippen LogP contribution in [0.2, 0.25) is 0 Å². The van der Waals surface area contributed by atoms with Crippen molar-refractivity contribution in [3.05, 3.63) is 0 Å². The summed E-state index contributed by atoms with van der Waals surface area (Å²) in [6, 6.07) is 0. The predicted molar refractivity (Wildman–Crippen MR) is 52.3 cm³/mol. The topological polar surface area (TPSA) is 12.4 Å². The Bertz CT molecular complexity index is 138. The SMILES string of the molecule is C=NC(C)(CC)C(C)(C)CC. The van der Waals surface area contributed by atoms with Gasteiger partial charge < -0.3 is 0 Å². The van der Waals surface area contributed by atoms with Crippen LogP contribution in [0.5, 0.6) is 0 Å². The van der Waals surface area contributed by atoms with Crippen LogP contribution in [0.15, 0.2) is 4.99 Å². The molecule has 0 rings (SSSR count). The second kappa shape index (κ2) is 3.38. The van der Waals surface area contributed by atoms with Crippen LogP contribution >= 0.6 is 0 Å². The molecule has 0 aromatic heterocycles. The lowest BCUT2D eigenvalue weighted by atomic mass is 9.70. The second-order valence-electron chi connectivity index (χ2n) is 4.02. The number of hydrogen-bond donors (Lipinski definition) is 0. The highest BCUT2D eigenvalue weighted by Gasteiger charge is 2.36. The first-order valence-corrected chi connectivity index (χ1v) is 4.41. The summed E-state index contributed by atoms with van der Waals surface area (Å²) < 4.78 is 0. The van der Waals surface area contributed by atoms with Gasteiger partial charge >= 0.3 is 0 Å². The minimum atomic E-state index is 0.0434. The first-order valence-electron chi connectivity index (χ1n) is 4.41. The molecule has 0 aromatic carbocycles. The number of hydrogen-bond acceptors (Lipinski definition) is 1. The maximum atomic E-state index is 4.23. The lowest BCUT2D eigenvalue weighted by Crippen LogP contribution is -2.38. The average molecular weight is 155 g/mol. The van der Waals surface area contributed by atoms with Crippen LogP contribution in [0.3, 0.4) is 0 Å². The summed E-state index contributed by atoms with van der Waals surface area (Å²) >= 11 is 0. The highest BCUT2D eigenvalue weighted by molar-refractivity contribution is 5.26. The highest BCUT2D eigenvalue weighted by atomic mass is 14.9. The van der Waals surface area contributed by atoms with Crippen molar-refractivity contribution in [2.24, 2.45) is 10.4 Å². The molecule has 0 aromatic rings. The predicted octanol–water partition coefficient (Wildman–Crippen LogP) is 3.29. The van der Waals surface area contributed by atoms with Gasteiger partial charge in [0.05, 0.1) is 5.54 Å². The standard InChI is InChI=1S/C10H21N/c1-7-9(3,4)10(5,8-2)11-6/h6-8H2,1-5H3. The van der Waals surface area contributed by atoms with E-state index in [2.05, 4.69) is 46.3 Å². The van der Waals surface area contributed by atoms with Gasteiger partial charge in [-0.25, -0.2) is 0 Å². The fourth-order valence-electron chi connectivity index (χ4n) is 1.19. The molecule has 0 aliphatic heterocycles. The number of nitrogens with zero attached hydrogens (tertiary/aromatic N) is 1. The zero-order chi connectivity index (χ0) is 9.12. The molecule has 0 amide bonds. The minimum absolute atomic E-state index is 0.0434. The molecule has 0 N–H and O–H groups in total. The van der Waals surface area contributed by atoms with Gasteiger partial charge in [-0.2, -0.15) is 0 Å². The van der Waals surface area contributed by atoms with Gasteiger partial charge in [0.1, 0.15) is 0 Å². The molecule has 0 aliphatic rings. The molecule has 0 spiro atoms. The van der Waals surface area contributed by atoms with Gasteiger partial charge in [-0.15, -0.1) is 0 Å². The van der Waals surface area contributed by atoms with Crippen molar-refractivity contribution in [2.75, 3.05) is 0 Å². The van der Waals surface area contributed by atoms with E-state index in [0.717, 1.165) is 12.8 Å². The Labute approximate surface area is 70.9 Å². The quantitative estimate of drug-likeness (QED) is 0.552. The average Bonchev–Trinajstić information content (AvgIpc) is 2.02. The molecule has 0 saturated carbocycles. The first-order chi connectivity index (χ1) is 4.93. The summed E-state index contributed by atoms with van der Waals surface area (Å²) in [7, 11) is 0. The highest BCUT2D eigenvalue weighted by Crippen LogP contribution is 2.38. The number of aliphatic imine (C=N–C) groups is 1. The van der Waals surface area contributed by atoms with Crippen molar-refractivity contribution in [1.29, 1.82) is 0 Å². The molecule has 0 bridgehead atoms. The lowest BCUT2D eigenvalue weighted by Gasteiger charge is -2.40. The Kier molecular flexibility index (Phi) is 3.28. The fourth-order valence-corrected chi connectivity index (χ4v) is 1.19. The van der Waals surface area contributed by atoms with Crippen molar-refractivity contribution >= 4 is 6.72 Å². The summed E-state index contributed by atoms with van der Waals surface area (Å²) in [6.07, 6.45) is 2.22. The van der Waals surface area contributed by atoms with E-state index in [4.69, 9.17) is 0 Å². The largest absolute Gasteiger partial charge is 0.294 e. The van der Waals surface area contributed by atoms with E-state index in [1.54, 1.807) is 0 Å². The zero-order valence-electron chi connectivity index (χ0n) is 8.57. The van der Waals surface area contributed by atoms with Gasteiger partial charge in [-0.05, 0) is 31.9 Å². The van der Waals surface area contributed by atoms with E-state index in [1.165, 1.54) is 0 Å². The Morgan fingerprint density at radius 3 is 1.64 bits per heavy atom. The first kappa shape index (κ1) is 10.7. The third kappa shape index (κ3) is 1.82. The molecular weight excluding hydrogens is 134 g/mol. The summed E-state index contributed by atoms with van der Waals surface area (Å²) in [4.78, 5) is 4.23. The van der Waals surface area contributed by atoms with E-state index in [0.29, 0.717) is 0 Å². The zero-order valence-corrected chi connectivity index (χ0v) is 8.57. The molecule has 1 atom stereocenters. The molecule has 0 heterocycles. The maximum Gasteiger partial charge on any atom is 0.0620 e. The Hall–Kier alpha value is -0.330. The van der Waals surface area contributed by atoms with Gasteiger partial charge in [-0.1, -0.05) is 27.7 Å². The molecule has 1 nitrogen and oxygen atoms in total. The summed E-state index contributed by atoms with van der Waals surface area (Å²) in [6.45, 7) is 14.7. The van der Waals surface area contributed by atoms with Crippen LogP contribution in [-0.4, -0.2) is 12.3 Å². The molecule has 1 unspecified atom stereocenters. The van der Waals surface area contributed by atoms with Crippen molar-refractivity contribution < 1.29 is 0 Å². The molecule has 0 saturated heterocycles. The molecule has 66 valence electrons. The monoisotopic (exact) mass is 155 g/mol. The van der Waals surface area contributed by atoms with Crippen LogP contribution < -0.4 is 0 Å². The molecule has 0 aliphatic carbocycles. The van der Waals surface area contributed by atoms with Gasteiger partial charge in [-0.3, -0.25) is 4.99 Å². The third-order valence-electron chi connectivity index (χ3n) is 3.38. The lowest BCUT2D eigenvalue weighted by molar-refractivity contribution is 0.173. The second-order valence-corrected chi connectivity index (χ2v) is 4.02. The molecule has 0 radical (unpaired) electrons. The smallest absolute Gasteiger partial charge is 0.0620 e. The van der Waals surface area contributed by atoms with E-state index in [1.807, 2.05) is 0 Å². The van der Waals surface area contributed by atoms with Crippen molar-refractivity contribution in [1.82, 2.24) is 0 Å². The van der Waals surface area contributed by atoms with E-state index in [-0.39, 0.29) is 11.0 Å². The van der Waals surface area contributed by atoms with Crippen LogP contribution in [0.1, 0.15) is 47.5 Å².